The maximum atomic E-state index is 13.3. The summed E-state index contributed by atoms with van der Waals surface area (Å²) in [5.41, 5.74) is 9.42. The van der Waals surface area contributed by atoms with Gasteiger partial charge in [-0.05, 0) is 41.8 Å². The highest BCUT2D eigenvalue weighted by Gasteiger charge is 2.02. The van der Waals surface area contributed by atoms with Crippen LogP contribution in [0.15, 0.2) is 42.5 Å². The summed E-state index contributed by atoms with van der Waals surface area (Å²) in [5, 5.41) is 0. The minimum absolute atomic E-state index is 0.237. The zero-order valence-corrected chi connectivity index (χ0v) is 9.20. The summed E-state index contributed by atoms with van der Waals surface area (Å²) in [6.07, 6.45) is 0. The third-order valence-corrected chi connectivity index (χ3v) is 2.58. The SMILES string of the molecule is Cc1ccc(-c2cc(F)cc(CN)c2)cc1. The smallest absolute Gasteiger partial charge is 0.124 e. The lowest BCUT2D eigenvalue weighted by atomic mass is 10.0. The van der Waals surface area contributed by atoms with E-state index < -0.39 is 0 Å². The van der Waals surface area contributed by atoms with Gasteiger partial charge in [0.1, 0.15) is 5.82 Å². The van der Waals surface area contributed by atoms with E-state index in [0.29, 0.717) is 6.54 Å². The highest BCUT2D eigenvalue weighted by Crippen LogP contribution is 2.22. The van der Waals surface area contributed by atoms with Crippen molar-refractivity contribution in [3.8, 4) is 11.1 Å². The van der Waals surface area contributed by atoms with Gasteiger partial charge < -0.3 is 5.73 Å². The van der Waals surface area contributed by atoms with Crippen molar-refractivity contribution < 1.29 is 4.39 Å². The van der Waals surface area contributed by atoms with Crippen molar-refractivity contribution in [3.63, 3.8) is 0 Å². The number of rotatable bonds is 2. The van der Waals surface area contributed by atoms with Crippen LogP contribution in [0, 0.1) is 12.7 Å². The molecular weight excluding hydrogens is 201 g/mol. The van der Waals surface area contributed by atoms with Crippen molar-refractivity contribution in [2.24, 2.45) is 5.73 Å². The average Bonchev–Trinajstić information content (AvgIpc) is 2.29. The Morgan fingerprint density at radius 2 is 1.69 bits per heavy atom. The molecule has 0 saturated heterocycles. The van der Waals surface area contributed by atoms with E-state index in [9.17, 15) is 4.39 Å². The monoisotopic (exact) mass is 215 g/mol. The summed E-state index contributed by atoms with van der Waals surface area (Å²) >= 11 is 0. The highest BCUT2D eigenvalue weighted by atomic mass is 19.1. The summed E-state index contributed by atoms with van der Waals surface area (Å²) in [7, 11) is 0. The number of aryl methyl sites for hydroxylation is 1. The Balaban J connectivity index is 2.47. The minimum Gasteiger partial charge on any atom is -0.326 e. The summed E-state index contributed by atoms with van der Waals surface area (Å²) < 4.78 is 13.3. The third kappa shape index (κ3) is 2.28. The molecule has 1 nitrogen and oxygen atoms in total. The van der Waals surface area contributed by atoms with Crippen molar-refractivity contribution in [2.75, 3.05) is 0 Å². The molecule has 0 aliphatic carbocycles. The number of benzene rings is 2. The average molecular weight is 215 g/mol. The number of hydrogen-bond acceptors (Lipinski definition) is 1. The van der Waals surface area contributed by atoms with Gasteiger partial charge in [0.2, 0.25) is 0 Å². The molecular formula is C14H14FN. The van der Waals surface area contributed by atoms with Gasteiger partial charge >= 0.3 is 0 Å². The van der Waals surface area contributed by atoms with Gasteiger partial charge in [0.15, 0.2) is 0 Å². The molecule has 2 aromatic carbocycles. The molecule has 0 spiro atoms. The molecule has 0 fully saturated rings. The fraction of sp³-hybridized carbons (Fsp3) is 0.143. The van der Waals surface area contributed by atoms with Crippen LogP contribution in [0.4, 0.5) is 4.39 Å². The van der Waals surface area contributed by atoms with E-state index in [1.54, 1.807) is 0 Å². The van der Waals surface area contributed by atoms with Gasteiger partial charge in [-0.3, -0.25) is 0 Å². The fourth-order valence-corrected chi connectivity index (χ4v) is 1.68. The van der Waals surface area contributed by atoms with E-state index in [-0.39, 0.29) is 5.82 Å². The molecule has 0 aliphatic heterocycles. The molecule has 2 N–H and O–H groups in total. The van der Waals surface area contributed by atoms with Gasteiger partial charge in [-0.2, -0.15) is 0 Å². The van der Waals surface area contributed by atoms with E-state index in [1.807, 2.05) is 37.3 Å². The van der Waals surface area contributed by atoms with Crippen LogP contribution in [-0.2, 0) is 6.54 Å². The van der Waals surface area contributed by atoms with Crippen LogP contribution >= 0.6 is 0 Å². The van der Waals surface area contributed by atoms with Gasteiger partial charge in [0, 0.05) is 6.54 Å². The lowest BCUT2D eigenvalue weighted by Gasteiger charge is -2.05. The molecule has 2 heteroatoms. The van der Waals surface area contributed by atoms with Crippen LogP contribution < -0.4 is 5.73 Å². The Bertz CT molecular complexity index is 489. The Morgan fingerprint density at radius 1 is 1.00 bits per heavy atom. The zero-order valence-electron chi connectivity index (χ0n) is 9.20. The standard InChI is InChI=1S/C14H14FN/c1-10-2-4-12(5-3-10)13-6-11(9-16)7-14(15)8-13/h2-8H,9,16H2,1H3. The van der Waals surface area contributed by atoms with Gasteiger partial charge in [0.05, 0.1) is 0 Å². The molecule has 2 rings (SSSR count). The highest BCUT2D eigenvalue weighted by molar-refractivity contribution is 5.64. The predicted octanol–water partition coefficient (Wildman–Crippen LogP) is 3.26. The largest absolute Gasteiger partial charge is 0.326 e. The van der Waals surface area contributed by atoms with Gasteiger partial charge in [0.25, 0.3) is 0 Å². The molecule has 0 radical (unpaired) electrons. The van der Waals surface area contributed by atoms with Crippen LogP contribution in [0.3, 0.4) is 0 Å². The molecule has 0 aliphatic rings. The molecule has 0 saturated carbocycles. The number of nitrogens with two attached hydrogens (primary N) is 1. The predicted molar refractivity (Wildman–Crippen MR) is 64.5 cm³/mol. The first-order chi connectivity index (χ1) is 7.69. The molecule has 0 heterocycles. The third-order valence-electron chi connectivity index (χ3n) is 2.58. The molecule has 16 heavy (non-hydrogen) atoms. The first-order valence-electron chi connectivity index (χ1n) is 5.25. The number of halogens is 1. The normalized spacial score (nSPS) is 10.4. The second kappa shape index (κ2) is 4.45. The Kier molecular flexibility index (Phi) is 3.02. The number of hydrogen-bond donors (Lipinski definition) is 1. The van der Waals surface area contributed by atoms with E-state index in [2.05, 4.69) is 0 Å². The van der Waals surface area contributed by atoms with E-state index in [1.165, 1.54) is 17.7 Å². The van der Waals surface area contributed by atoms with Crippen LogP contribution in [0.25, 0.3) is 11.1 Å². The summed E-state index contributed by atoms with van der Waals surface area (Å²) in [5.74, 6) is -0.237. The molecule has 82 valence electrons. The molecule has 0 amide bonds. The fourth-order valence-electron chi connectivity index (χ4n) is 1.68. The van der Waals surface area contributed by atoms with Crippen molar-refractivity contribution in [1.82, 2.24) is 0 Å². The van der Waals surface area contributed by atoms with Crippen LogP contribution in [0.5, 0.6) is 0 Å². The van der Waals surface area contributed by atoms with Gasteiger partial charge in [-0.15, -0.1) is 0 Å². The van der Waals surface area contributed by atoms with Crippen molar-refractivity contribution in [1.29, 1.82) is 0 Å². The summed E-state index contributed by atoms with van der Waals surface area (Å²) in [6.45, 7) is 2.39. The topological polar surface area (TPSA) is 26.0 Å². The molecule has 0 unspecified atom stereocenters. The van der Waals surface area contributed by atoms with Crippen LogP contribution in [-0.4, -0.2) is 0 Å². The maximum absolute atomic E-state index is 13.3. The second-order valence-corrected chi connectivity index (χ2v) is 3.92. The van der Waals surface area contributed by atoms with Gasteiger partial charge in [-0.25, -0.2) is 4.39 Å². The van der Waals surface area contributed by atoms with Crippen LogP contribution in [0.2, 0.25) is 0 Å². The second-order valence-electron chi connectivity index (χ2n) is 3.92. The van der Waals surface area contributed by atoms with E-state index in [0.717, 1.165) is 16.7 Å². The quantitative estimate of drug-likeness (QED) is 0.817. The molecule has 0 bridgehead atoms. The lowest BCUT2D eigenvalue weighted by molar-refractivity contribution is 0.626. The lowest BCUT2D eigenvalue weighted by Crippen LogP contribution is -1.97. The maximum Gasteiger partial charge on any atom is 0.124 e. The van der Waals surface area contributed by atoms with Crippen molar-refractivity contribution in [3.05, 3.63) is 59.4 Å². The van der Waals surface area contributed by atoms with Crippen LogP contribution in [0.1, 0.15) is 11.1 Å². The summed E-state index contributed by atoms with van der Waals surface area (Å²) in [4.78, 5) is 0. The van der Waals surface area contributed by atoms with Crippen molar-refractivity contribution in [2.45, 2.75) is 13.5 Å². The van der Waals surface area contributed by atoms with Crippen molar-refractivity contribution >= 4 is 0 Å². The molecule has 2 aromatic rings. The zero-order chi connectivity index (χ0) is 11.5. The van der Waals surface area contributed by atoms with E-state index >= 15 is 0 Å². The first-order valence-corrected chi connectivity index (χ1v) is 5.25. The van der Waals surface area contributed by atoms with Gasteiger partial charge in [-0.1, -0.05) is 29.8 Å². The Hall–Kier alpha value is -1.67. The molecule has 0 atom stereocenters. The Morgan fingerprint density at radius 3 is 2.31 bits per heavy atom. The first kappa shape index (κ1) is 10.8. The molecule has 0 aromatic heterocycles. The minimum atomic E-state index is -0.237. The summed E-state index contributed by atoms with van der Waals surface area (Å²) in [6, 6.07) is 12.9. The Labute approximate surface area is 94.7 Å². The van der Waals surface area contributed by atoms with E-state index in [4.69, 9.17) is 5.73 Å².